The minimum absolute atomic E-state index is 0. The first-order valence-corrected chi connectivity index (χ1v) is 10.8. The molecule has 0 unspecified atom stereocenters. The Morgan fingerprint density at radius 2 is 1.70 bits per heavy atom. The Kier molecular flexibility index (Phi) is 9.90. The molecule has 33 heavy (non-hydrogen) atoms. The number of carbonyl (C=O) groups excluding carboxylic acids is 1. The van der Waals surface area contributed by atoms with Gasteiger partial charge in [0.2, 0.25) is 0 Å². The molecule has 3 aromatic rings. The van der Waals surface area contributed by atoms with Crippen LogP contribution in [-0.2, 0) is 13.1 Å². The summed E-state index contributed by atoms with van der Waals surface area (Å²) >= 11 is 0. The van der Waals surface area contributed by atoms with Crippen LogP contribution in [0.4, 0.5) is 5.82 Å². The van der Waals surface area contributed by atoms with Gasteiger partial charge in [0.25, 0.3) is 5.91 Å². The number of para-hydroxylation sites is 1. The molecule has 0 aliphatic rings. The zero-order valence-electron chi connectivity index (χ0n) is 19.9. The third-order valence-electron chi connectivity index (χ3n) is 5.06. The molecule has 1 amide bonds. The molecule has 0 bridgehead atoms. The maximum absolute atomic E-state index is 12.1. The number of hydrogen-bond donors (Lipinski definition) is 2. The number of guanidine groups is 1. The molecule has 1 heterocycles. The van der Waals surface area contributed by atoms with Gasteiger partial charge in [0, 0.05) is 52.2 Å². The summed E-state index contributed by atoms with van der Waals surface area (Å²) in [5.74, 6) is 1.67. The molecule has 8 heteroatoms. The van der Waals surface area contributed by atoms with Crippen LogP contribution < -0.4 is 15.5 Å². The molecular formula is C25H33IN6O. The molecular weight excluding hydrogens is 527 g/mol. The fourth-order valence-electron chi connectivity index (χ4n) is 3.31. The van der Waals surface area contributed by atoms with E-state index >= 15 is 0 Å². The maximum Gasteiger partial charge on any atom is 0.253 e. The van der Waals surface area contributed by atoms with Crippen molar-refractivity contribution >= 4 is 52.6 Å². The van der Waals surface area contributed by atoms with Crippen LogP contribution in [0.15, 0.2) is 59.6 Å². The lowest BCUT2D eigenvalue weighted by atomic mass is 10.1. The van der Waals surface area contributed by atoms with Crippen molar-refractivity contribution in [2.45, 2.75) is 20.0 Å². The zero-order chi connectivity index (χ0) is 23.1. The minimum atomic E-state index is -0.00303. The van der Waals surface area contributed by atoms with E-state index in [4.69, 9.17) is 9.98 Å². The number of fused-ring (bicyclic) bond motifs is 1. The Labute approximate surface area is 213 Å². The van der Waals surface area contributed by atoms with E-state index in [-0.39, 0.29) is 29.9 Å². The molecule has 0 saturated carbocycles. The van der Waals surface area contributed by atoms with E-state index in [0.717, 1.165) is 40.4 Å². The van der Waals surface area contributed by atoms with Crippen molar-refractivity contribution in [2.75, 3.05) is 39.6 Å². The lowest BCUT2D eigenvalue weighted by Crippen LogP contribution is -2.36. The standard InChI is InChI=1S/C25H32N6O.HI/c1-6-26-25(27-16-18-11-13-19(14-12-18)24(32)31(4)5)28-17-20-15-23(30(2)3)29-22-10-8-7-9-21(20)22;/h7-15H,6,16-17H2,1-5H3,(H2,26,27,28);1H. The fourth-order valence-corrected chi connectivity index (χ4v) is 3.31. The monoisotopic (exact) mass is 560 g/mol. The number of anilines is 1. The number of rotatable bonds is 7. The summed E-state index contributed by atoms with van der Waals surface area (Å²) in [5, 5.41) is 7.87. The number of nitrogens with one attached hydrogen (secondary N) is 2. The quantitative estimate of drug-likeness (QED) is 0.261. The van der Waals surface area contributed by atoms with Crippen molar-refractivity contribution in [3.63, 3.8) is 0 Å². The lowest BCUT2D eigenvalue weighted by molar-refractivity contribution is 0.0827. The number of aromatic nitrogens is 1. The van der Waals surface area contributed by atoms with Gasteiger partial charge in [-0.1, -0.05) is 30.3 Å². The van der Waals surface area contributed by atoms with Crippen LogP contribution in [0.5, 0.6) is 0 Å². The molecule has 0 radical (unpaired) electrons. The van der Waals surface area contributed by atoms with Crippen LogP contribution >= 0.6 is 24.0 Å². The predicted octanol–water partition coefficient (Wildman–Crippen LogP) is 3.88. The SMILES string of the molecule is CCNC(=NCc1ccc(C(=O)N(C)C)cc1)NCc1cc(N(C)C)nc2ccccc12.I. The van der Waals surface area contributed by atoms with Crippen LogP contribution in [-0.4, -0.2) is 56.5 Å². The van der Waals surface area contributed by atoms with E-state index in [2.05, 4.69) is 22.8 Å². The van der Waals surface area contributed by atoms with Crippen LogP contribution in [0.3, 0.4) is 0 Å². The van der Waals surface area contributed by atoms with Gasteiger partial charge in [-0.3, -0.25) is 4.79 Å². The highest BCUT2D eigenvalue weighted by Gasteiger charge is 2.09. The molecule has 2 aromatic carbocycles. The van der Waals surface area contributed by atoms with Crippen molar-refractivity contribution in [2.24, 2.45) is 4.99 Å². The Morgan fingerprint density at radius 1 is 1.00 bits per heavy atom. The lowest BCUT2D eigenvalue weighted by Gasteiger charge is -2.17. The molecule has 0 aliphatic heterocycles. The summed E-state index contributed by atoms with van der Waals surface area (Å²) in [7, 11) is 7.50. The van der Waals surface area contributed by atoms with E-state index in [1.54, 1.807) is 19.0 Å². The van der Waals surface area contributed by atoms with Crippen LogP contribution in [0, 0.1) is 0 Å². The molecule has 176 valence electrons. The van der Waals surface area contributed by atoms with E-state index in [0.29, 0.717) is 18.7 Å². The first-order valence-electron chi connectivity index (χ1n) is 10.8. The van der Waals surface area contributed by atoms with Gasteiger partial charge in [-0.2, -0.15) is 0 Å². The van der Waals surface area contributed by atoms with Gasteiger partial charge in [-0.15, -0.1) is 24.0 Å². The second-order valence-corrected chi connectivity index (χ2v) is 8.00. The van der Waals surface area contributed by atoms with E-state index in [1.807, 2.05) is 68.4 Å². The summed E-state index contributed by atoms with van der Waals surface area (Å²) in [5.41, 5.74) is 3.86. The normalized spacial score (nSPS) is 11.0. The zero-order valence-corrected chi connectivity index (χ0v) is 22.3. The van der Waals surface area contributed by atoms with Crippen LogP contribution in [0.2, 0.25) is 0 Å². The maximum atomic E-state index is 12.1. The van der Waals surface area contributed by atoms with Gasteiger partial charge in [-0.25, -0.2) is 9.98 Å². The third kappa shape index (κ3) is 7.05. The summed E-state index contributed by atoms with van der Waals surface area (Å²) in [6.07, 6.45) is 0. The number of pyridine rings is 1. The molecule has 0 atom stereocenters. The fraction of sp³-hybridized carbons (Fsp3) is 0.320. The van der Waals surface area contributed by atoms with Gasteiger partial charge in [0.1, 0.15) is 5.82 Å². The Balaban J connectivity index is 0.00000385. The van der Waals surface area contributed by atoms with Gasteiger partial charge in [0.15, 0.2) is 5.96 Å². The molecule has 3 rings (SSSR count). The number of benzene rings is 2. The second-order valence-electron chi connectivity index (χ2n) is 8.00. The first-order chi connectivity index (χ1) is 15.4. The Hall–Kier alpha value is -2.88. The van der Waals surface area contributed by atoms with Gasteiger partial charge in [-0.05, 0) is 42.3 Å². The topological polar surface area (TPSA) is 72.9 Å². The average molecular weight is 560 g/mol. The summed E-state index contributed by atoms with van der Waals surface area (Å²) in [6.45, 7) is 3.96. The van der Waals surface area contributed by atoms with E-state index in [1.165, 1.54) is 0 Å². The summed E-state index contributed by atoms with van der Waals surface area (Å²) in [6, 6.07) is 17.9. The molecule has 2 N–H and O–H groups in total. The largest absolute Gasteiger partial charge is 0.363 e. The van der Waals surface area contributed by atoms with Crippen molar-refractivity contribution < 1.29 is 4.79 Å². The smallest absolute Gasteiger partial charge is 0.253 e. The summed E-state index contributed by atoms with van der Waals surface area (Å²) in [4.78, 5) is 25.1. The average Bonchev–Trinajstić information content (AvgIpc) is 2.80. The summed E-state index contributed by atoms with van der Waals surface area (Å²) < 4.78 is 0. The van der Waals surface area contributed by atoms with Gasteiger partial charge >= 0.3 is 0 Å². The molecule has 0 spiro atoms. The second kappa shape index (κ2) is 12.4. The van der Waals surface area contributed by atoms with Crippen molar-refractivity contribution in [3.8, 4) is 0 Å². The van der Waals surface area contributed by atoms with Crippen LogP contribution in [0.25, 0.3) is 10.9 Å². The highest BCUT2D eigenvalue weighted by atomic mass is 127. The van der Waals surface area contributed by atoms with Gasteiger partial charge in [0.05, 0.1) is 12.1 Å². The molecule has 7 nitrogen and oxygen atoms in total. The number of hydrogen-bond acceptors (Lipinski definition) is 4. The van der Waals surface area contributed by atoms with E-state index in [9.17, 15) is 4.79 Å². The number of carbonyl (C=O) groups is 1. The third-order valence-corrected chi connectivity index (χ3v) is 5.06. The van der Waals surface area contributed by atoms with E-state index < -0.39 is 0 Å². The van der Waals surface area contributed by atoms with Crippen molar-refractivity contribution in [1.82, 2.24) is 20.5 Å². The number of amides is 1. The molecule has 0 fully saturated rings. The number of halogens is 1. The highest BCUT2D eigenvalue weighted by molar-refractivity contribution is 14.0. The first kappa shape index (κ1) is 26.4. The minimum Gasteiger partial charge on any atom is -0.363 e. The van der Waals surface area contributed by atoms with Gasteiger partial charge < -0.3 is 20.4 Å². The number of nitrogens with zero attached hydrogens (tertiary/aromatic N) is 4. The van der Waals surface area contributed by atoms with Crippen molar-refractivity contribution in [1.29, 1.82) is 0 Å². The van der Waals surface area contributed by atoms with Crippen LogP contribution in [0.1, 0.15) is 28.4 Å². The predicted molar refractivity (Wildman–Crippen MR) is 148 cm³/mol. The Bertz CT molecular complexity index is 1100. The molecule has 1 aromatic heterocycles. The molecule has 0 saturated heterocycles. The highest BCUT2D eigenvalue weighted by Crippen LogP contribution is 2.22. The van der Waals surface area contributed by atoms with Crippen molar-refractivity contribution in [3.05, 3.63) is 71.3 Å². The Morgan fingerprint density at radius 3 is 2.33 bits per heavy atom. The number of aliphatic imine (C=N–C) groups is 1. The molecule has 0 aliphatic carbocycles.